The molecule has 0 aliphatic heterocycles. The van der Waals surface area contributed by atoms with Crippen LogP contribution in [0.3, 0.4) is 0 Å². The van der Waals surface area contributed by atoms with Crippen LogP contribution >= 0.6 is 11.6 Å². The number of carbonyl (C=O) groups excluding carboxylic acids is 1. The summed E-state index contributed by atoms with van der Waals surface area (Å²) in [6.07, 6.45) is 1.28. The van der Waals surface area contributed by atoms with Gasteiger partial charge in [0.1, 0.15) is 0 Å². The SMILES string of the molecule is C=C(Cl)Cn1ccc(C(=O)OC(C)C)cc1=O. The summed E-state index contributed by atoms with van der Waals surface area (Å²) < 4.78 is 6.34. The minimum absolute atomic E-state index is 0.215. The van der Waals surface area contributed by atoms with Crippen LogP contribution in [0, 0.1) is 0 Å². The molecule has 0 N–H and O–H groups in total. The molecule has 0 aromatic carbocycles. The van der Waals surface area contributed by atoms with Gasteiger partial charge in [0.15, 0.2) is 0 Å². The Bertz CT molecular complexity index is 491. The van der Waals surface area contributed by atoms with Gasteiger partial charge >= 0.3 is 5.97 Å². The van der Waals surface area contributed by atoms with E-state index in [-0.39, 0.29) is 23.8 Å². The van der Waals surface area contributed by atoms with E-state index in [4.69, 9.17) is 16.3 Å². The molecule has 1 rings (SSSR count). The third-order valence-electron chi connectivity index (χ3n) is 1.92. The number of aromatic nitrogens is 1. The van der Waals surface area contributed by atoms with Crippen LogP contribution in [0.2, 0.25) is 0 Å². The van der Waals surface area contributed by atoms with Gasteiger partial charge < -0.3 is 9.30 Å². The van der Waals surface area contributed by atoms with Crippen LogP contribution in [0.1, 0.15) is 24.2 Å². The zero-order valence-electron chi connectivity index (χ0n) is 9.77. The van der Waals surface area contributed by atoms with Crippen molar-refractivity contribution < 1.29 is 9.53 Å². The topological polar surface area (TPSA) is 48.3 Å². The Labute approximate surface area is 104 Å². The molecule has 0 aliphatic carbocycles. The van der Waals surface area contributed by atoms with Crippen molar-refractivity contribution in [3.63, 3.8) is 0 Å². The number of allylic oxidation sites excluding steroid dienone is 1. The predicted molar refractivity (Wildman–Crippen MR) is 66.2 cm³/mol. The van der Waals surface area contributed by atoms with E-state index in [1.165, 1.54) is 22.9 Å². The molecule has 0 saturated heterocycles. The first-order chi connectivity index (χ1) is 7.90. The van der Waals surface area contributed by atoms with Crippen molar-refractivity contribution in [1.82, 2.24) is 4.57 Å². The third-order valence-corrected chi connectivity index (χ3v) is 2.04. The van der Waals surface area contributed by atoms with Gasteiger partial charge in [0.25, 0.3) is 5.56 Å². The summed E-state index contributed by atoms with van der Waals surface area (Å²) in [5.74, 6) is -0.506. The maximum Gasteiger partial charge on any atom is 0.338 e. The minimum atomic E-state index is -0.506. The fourth-order valence-corrected chi connectivity index (χ4v) is 1.36. The molecular weight excluding hydrogens is 242 g/mol. The third kappa shape index (κ3) is 4.07. The summed E-state index contributed by atoms with van der Waals surface area (Å²) in [5, 5.41) is 0.351. The quantitative estimate of drug-likeness (QED) is 0.775. The van der Waals surface area contributed by atoms with Gasteiger partial charge in [0.05, 0.1) is 18.2 Å². The zero-order valence-corrected chi connectivity index (χ0v) is 10.5. The van der Waals surface area contributed by atoms with Crippen molar-refractivity contribution in [2.45, 2.75) is 26.5 Å². The number of halogens is 1. The van der Waals surface area contributed by atoms with Crippen LogP contribution in [0.4, 0.5) is 0 Å². The fraction of sp³-hybridized carbons (Fsp3) is 0.333. The minimum Gasteiger partial charge on any atom is -0.459 e. The van der Waals surface area contributed by atoms with Crippen molar-refractivity contribution in [3.05, 3.63) is 45.9 Å². The zero-order chi connectivity index (χ0) is 13.0. The summed E-state index contributed by atoms with van der Waals surface area (Å²) in [6.45, 7) is 7.22. The van der Waals surface area contributed by atoms with Crippen molar-refractivity contribution in [3.8, 4) is 0 Å². The second-order valence-electron chi connectivity index (χ2n) is 3.85. The Morgan fingerprint density at radius 1 is 1.59 bits per heavy atom. The number of ether oxygens (including phenoxy) is 1. The van der Waals surface area contributed by atoms with E-state index in [9.17, 15) is 9.59 Å². The van der Waals surface area contributed by atoms with Crippen LogP contribution in [0.15, 0.2) is 34.7 Å². The molecule has 1 heterocycles. The lowest BCUT2D eigenvalue weighted by Crippen LogP contribution is -2.21. The first-order valence-corrected chi connectivity index (χ1v) is 5.52. The van der Waals surface area contributed by atoms with Crippen LogP contribution in [0.25, 0.3) is 0 Å². The second kappa shape index (κ2) is 5.68. The number of rotatable bonds is 4. The Morgan fingerprint density at radius 2 is 2.24 bits per heavy atom. The molecule has 92 valence electrons. The van der Waals surface area contributed by atoms with Gasteiger partial charge in [-0.25, -0.2) is 4.79 Å². The Morgan fingerprint density at radius 3 is 2.71 bits per heavy atom. The smallest absolute Gasteiger partial charge is 0.338 e. The summed E-state index contributed by atoms with van der Waals surface area (Å²) in [7, 11) is 0. The fourth-order valence-electron chi connectivity index (χ4n) is 1.23. The Balaban J connectivity index is 2.92. The highest BCUT2D eigenvalue weighted by Gasteiger charge is 2.10. The molecule has 0 unspecified atom stereocenters. The average Bonchev–Trinajstić information content (AvgIpc) is 2.19. The standard InChI is InChI=1S/C12H14ClNO3/c1-8(2)17-12(16)10-4-5-14(7-9(3)13)11(15)6-10/h4-6,8H,3,7H2,1-2H3. The van der Waals surface area contributed by atoms with Crippen LogP contribution in [-0.2, 0) is 11.3 Å². The van der Waals surface area contributed by atoms with E-state index in [1.807, 2.05) is 0 Å². The average molecular weight is 256 g/mol. The number of esters is 1. The molecule has 5 heteroatoms. The van der Waals surface area contributed by atoms with Gasteiger partial charge in [-0.3, -0.25) is 4.79 Å². The van der Waals surface area contributed by atoms with Crippen molar-refractivity contribution in [1.29, 1.82) is 0 Å². The van der Waals surface area contributed by atoms with Gasteiger partial charge in [-0.15, -0.1) is 0 Å². The first kappa shape index (κ1) is 13.5. The highest BCUT2D eigenvalue weighted by molar-refractivity contribution is 6.29. The highest BCUT2D eigenvalue weighted by Crippen LogP contribution is 2.03. The lowest BCUT2D eigenvalue weighted by Gasteiger charge is -2.08. The lowest BCUT2D eigenvalue weighted by atomic mass is 10.2. The van der Waals surface area contributed by atoms with E-state index in [0.29, 0.717) is 5.03 Å². The van der Waals surface area contributed by atoms with Crippen molar-refractivity contribution in [2.75, 3.05) is 0 Å². The molecule has 17 heavy (non-hydrogen) atoms. The Hall–Kier alpha value is -1.55. The van der Waals surface area contributed by atoms with Gasteiger partial charge in [-0.1, -0.05) is 18.2 Å². The Kier molecular flexibility index (Phi) is 4.52. The van der Waals surface area contributed by atoms with Crippen molar-refractivity contribution in [2.24, 2.45) is 0 Å². The van der Waals surface area contributed by atoms with Crippen molar-refractivity contribution >= 4 is 17.6 Å². The van der Waals surface area contributed by atoms with Gasteiger partial charge in [0, 0.05) is 17.3 Å². The van der Waals surface area contributed by atoms with E-state index >= 15 is 0 Å². The number of pyridine rings is 1. The molecule has 0 radical (unpaired) electrons. The normalized spacial score (nSPS) is 10.4. The maximum atomic E-state index is 11.6. The predicted octanol–water partition coefficient (Wildman–Crippen LogP) is 2.17. The van der Waals surface area contributed by atoms with E-state index in [2.05, 4.69) is 6.58 Å². The number of nitrogens with zero attached hydrogens (tertiary/aromatic N) is 1. The molecule has 0 bridgehead atoms. The monoisotopic (exact) mass is 255 g/mol. The highest BCUT2D eigenvalue weighted by atomic mass is 35.5. The molecule has 4 nitrogen and oxygen atoms in total. The van der Waals surface area contributed by atoms with Gasteiger partial charge in [0.2, 0.25) is 0 Å². The molecule has 0 spiro atoms. The number of carbonyl (C=O) groups is 1. The molecule has 0 amide bonds. The van der Waals surface area contributed by atoms with E-state index in [0.717, 1.165) is 0 Å². The van der Waals surface area contributed by atoms with Crippen LogP contribution < -0.4 is 5.56 Å². The largest absolute Gasteiger partial charge is 0.459 e. The first-order valence-electron chi connectivity index (χ1n) is 5.15. The van der Waals surface area contributed by atoms with Gasteiger partial charge in [-0.05, 0) is 19.9 Å². The molecule has 1 aromatic heterocycles. The molecule has 0 atom stereocenters. The molecular formula is C12H14ClNO3. The van der Waals surface area contributed by atoms with Gasteiger partial charge in [-0.2, -0.15) is 0 Å². The molecule has 0 aliphatic rings. The van der Waals surface area contributed by atoms with E-state index < -0.39 is 5.97 Å². The van der Waals surface area contributed by atoms with Crippen LogP contribution in [-0.4, -0.2) is 16.6 Å². The maximum absolute atomic E-state index is 11.6. The molecule has 0 saturated carbocycles. The summed E-state index contributed by atoms with van der Waals surface area (Å²) >= 11 is 5.61. The molecule has 0 fully saturated rings. The second-order valence-corrected chi connectivity index (χ2v) is 4.39. The van der Waals surface area contributed by atoms with E-state index in [1.54, 1.807) is 13.8 Å². The summed E-state index contributed by atoms with van der Waals surface area (Å²) in [5.41, 5.74) is -0.0786. The van der Waals surface area contributed by atoms with Crippen LogP contribution in [0.5, 0.6) is 0 Å². The number of hydrogen-bond donors (Lipinski definition) is 0. The molecule has 1 aromatic rings. The summed E-state index contributed by atoms with van der Waals surface area (Å²) in [4.78, 5) is 23.1. The summed E-state index contributed by atoms with van der Waals surface area (Å²) in [6, 6.07) is 2.75. The number of hydrogen-bond acceptors (Lipinski definition) is 3. The lowest BCUT2D eigenvalue weighted by molar-refractivity contribution is 0.0377.